The summed E-state index contributed by atoms with van der Waals surface area (Å²) in [7, 11) is 1.68. The zero-order valence-corrected chi connectivity index (χ0v) is 12.8. The van der Waals surface area contributed by atoms with E-state index in [0.29, 0.717) is 11.3 Å². The van der Waals surface area contributed by atoms with Crippen molar-refractivity contribution in [3.05, 3.63) is 60.3 Å². The molecule has 1 N–H and O–H groups in total. The number of fused-ring (bicyclic) bond motifs is 1. The first kappa shape index (κ1) is 15.5. The van der Waals surface area contributed by atoms with E-state index in [2.05, 4.69) is 10.3 Å². The minimum atomic E-state index is -0.736. The van der Waals surface area contributed by atoms with E-state index >= 15 is 0 Å². The second-order valence-corrected chi connectivity index (χ2v) is 5.05. The topological polar surface area (TPSA) is 94.7 Å². The maximum atomic E-state index is 11.9. The van der Waals surface area contributed by atoms with Crippen LogP contribution in [0.5, 0.6) is 0 Å². The van der Waals surface area contributed by atoms with Gasteiger partial charge in [-0.25, -0.2) is 9.78 Å². The Hall–Kier alpha value is -3.42. The van der Waals surface area contributed by atoms with Gasteiger partial charge in [-0.05, 0) is 24.3 Å². The van der Waals surface area contributed by atoms with Crippen LogP contribution < -0.4 is 5.32 Å². The van der Waals surface area contributed by atoms with Crippen molar-refractivity contribution in [2.75, 3.05) is 6.61 Å². The van der Waals surface area contributed by atoms with Gasteiger partial charge in [0.1, 0.15) is 11.3 Å². The van der Waals surface area contributed by atoms with Crippen molar-refractivity contribution in [3.63, 3.8) is 0 Å². The van der Waals surface area contributed by atoms with Gasteiger partial charge in [0, 0.05) is 25.6 Å². The second kappa shape index (κ2) is 6.37. The summed E-state index contributed by atoms with van der Waals surface area (Å²) in [5, 5.41) is 2.16. The number of nitrogens with zero attached hydrogens (tertiary/aromatic N) is 3. The molecule has 8 nitrogen and oxygen atoms in total. The van der Waals surface area contributed by atoms with Crippen LogP contribution in [-0.2, 0) is 16.6 Å². The van der Waals surface area contributed by atoms with Crippen LogP contribution in [0.15, 0.2) is 48.9 Å². The van der Waals surface area contributed by atoms with Crippen molar-refractivity contribution in [2.24, 2.45) is 7.05 Å². The Kier molecular flexibility index (Phi) is 4.11. The number of hydrogen-bond donors (Lipinski definition) is 1. The van der Waals surface area contributed by atoms with E-state index in [4.69, 9.17) is 4.74 Å². The Morgan fingerprint density at radius 2 is 2.00 bits per heavy atom. The van der Waals surface area contributed by atoms with E-state index in [1.54, 1.807) is 58.7 Å². The average Bonchev–Trinajstić information content (AvgIpc) is 3.18. The smallest absolute Gasteiger partial charge is 0.359 e. The van der Waals surface area contributed by atoms with Crippen LogP contribution in [0.4, 0.5) is 0 Å². The van der Waals surface area contributed by atoms with Gasteiger partial charge in [-0.2, -0.15) is 0 Å². The molecule has 0 saturated carbocycles. The molecular formula is C16H14N4O4. The SMILES string of the molecule is Cn1cccc1C(=O)NC(=O)COC(=O)c1cn2ccccc2n1. The highest BCUT2D eigenvalue weighted by atomic mass is 16.5. The Bertz CT molecular complexity index is 892. The number of amides is 2. The molecule has 0 bridgehead atoms. The fourth-order valence-corrected chi connectivity index (χ4v) is 2.16. The molecule has 0 saturated heterocycles. The number of ether oxygens (including phenoxy) is 1. The summed E-state index contributed by atoms with van der Waals surface area (Å²) in [6.07, 6.45) is 4.93. The first-order valence-corrected chi connectivity index (χ1v) is 7.11. The molecule has 0 radical (unpaired) electrons. The summed E-state index contributed by atoms with van der Waals surface area (Å²) in [5.74, 6) is -2.00. The van der Waals surface area contributed by atoms with Crippen LogP contribution in [0.2, 0.25) is 0 Å². The van der Waals surface area contributed by atoms with E-state index < -0.39 is 24.4 Å². The number of imidazole rings is 1. The molecule has 0 aliphatic rings. The lowest BCUT2D eigenvalue weighted by molar-refractivity contribution is -0.123. The predicted molar refractivity (Wildman–Crippen MR) is 83.4 cm³/mol. The van der Waals surface area contributed by atoms with Crippen LogP contribution in [0, 0.1) is 0 Å². The molecular weight excluding hydrogens is 312 g/mol. The van der Waals surface area contributed by atoms with Crippen LogP contribution in [-0.4, -0.2) is 38.3 Å². The third kappa shape index (κ3) is 3.17. The predicted octanol–water partition coefficient (Wildman–Crippen LogP) is 0.786. The fraction of sp³-hybridized carbons (Fsp3) is 0.125. The minimum Gasteiger partial charge on any atom is -0.451 e. The fourth-order valence-electron chi connectivity index (χ4n) is 2.16. The molecule has 0 unspecified atom stereocenters. The number of carbonyl (C=O) groups is 3. The largest absolute Gasteiger partial charge is 0.451 e. The molecule has 24 heavy (non-hydrogen) atoms. The summed E-state index contributed by atoms with van der Waals surface area (Å²) in [5.41, 5.74) is 1.01. The minimum absolute atomic E-state index is 0.0859. The van der Waals surface area contributed by atoms with Crippen molar-refractivity contribution in [3.8, 4) is 0 Å². The van der Waals surface area contributed by atoms with Gasteiger partial charge < -0.3 is 13.7 Å². The summed E-state index contributed by atoms with van der Waals surface area (Å²) < 4.78 is 8.12. The van der Waals surface area contributed by atoms with Crippen molar-refractivity contribution in [1.82, 2.24) is 19.3 Å². The number of carbonyl (C=O) groups excluding carboxylic acids is 3. The highest BCUT2D eigenvalue weighted by molar-refractivity contribution is 6.04. The normalized spacial score (nSPS) is 10.5. The van der Waals surface area contributed by atoms with E-state index in [1.165, 1.54) is 6.20 Å². The van der Waals surface area contributed by atoms with Gasteiger partial charge in [0.2, 0.25) is 0 Å². The molecule has 8 heteroatoms. The second-order valence-electron chi connectivity index (χ2n) is 5.05. The summed E-state index contributed by atoms with van der Waals surface area (Å²) >= 11 is 0. The highest BCUT2D eigenvalue weighted by Gasteiger charge is 2.16. The maximum absolute atomic E-state index is 11.9. The van der Waals surface area contributed by atoms with Gasteiger partial charge in [0.25, 0.3) is 11.8 Å². The Morgan fingerprint density at radius 1 is 1.17 bits per heavy atom. The average molecular weight is 326 g/mol. The third-order valence-corrected chi connectivity index (χ3v) is 3.34. The van der Waals surface area contributed by atoms with Crippen molar-refractivity contribution in [1.29, 1.82) is 0 Å². The molecule has 2 amide bonds. The Labute approximate surface area is 136 Å². The van der Waals surface area contributed by atoms with Crippen LogP contribution >= 0.6 is 0 Å². The number of aryl methyl sites for hydroxylation is 1. The molecule has 3 aromatic rings. The number of hydrogen-bond acceptors (Lipinski definition) is 5. The molecule has 3 rings (SSSR count). The lowest BCUT2D eigenvalue weighted by Crippen LogP contribution is -2.35. The highest BCUT2D eigenvalue weighted by Crippen LogP contribution is 2.06. The summed E-state index contributed by atoms with van der Waals surface area (Å²) in [4.78, 5) is 39.6. The molecule has 0 aliphatic heterocycles. The molecule has 0 aliphatic carbocycles. The van der Waals surface area contributed by atoms with Crippen molar-refractivity contribution < 1.29 is 19.1 Å². The summed E-state index contributed by atoms with van der Waals surface area (Å²) in [6, 6.07) is 8.59. The number of esters is 1. The van der Waals surface area contributed by atoms with Gasteiger partial charge in [-0.1, -0.05) is 6.07 Å². The van der Waals surface area contributed by atoms with E-state index in [-0.39, 0.29) is 5.69 Å². The molecule has 0 atom stereocenters. The van der Waals surface area contributed by atoms with Crippen molar-refractivity contribution in [2.45, 2.75) is 0 Å². The monoisotopic (exact) mass is 326 g/mol. The summed E-state index contributed by atoms with van der Waals surface area (Å²) in [6.45, 7) is -0.567. The van der Waals surface area contributed by atoms with Crippen LogP contribution in [0.1, 0.15) is 21.0 Å². The van der Waals surface area contributed by atoms with Crippen LogP contribution in [0.25, 0.3) is 5.65 Å². The van der Waals surface area contributed by atoms with Crippen molar-refractivity contribution >= 4 is 23.4 Å². The molecule has 0 aromatic carbocycles. The molecule has 3 aromatic heterocycles. The first-order valence-electron chi connectivity index (χ1n) is 7.11. The first-order chi connectivity index (χ1) is 11.5. The molecule has 122 valence electrons. The number of pyridine rings is 1. The number of aromatic nitrogens is 3. The quantitative estimate of drug-likeness (QED) is 0.715. The lowest BCUT2D eigenvalue weighted by Gasteiger charge is -2.05. The van der Waals surface area contributed by atoms with Crippen LogP contribution in [0.3, 0.4) is 0 Å². The number of rotatable bonds is 4. The Morgan fingerprint density at radius 3 is 2.71 bits per heavy atom. The van der Waals surface area contributed by atoms with E-state index in [0.717, 1.165) is 0 Å². The van der Waals surface area contributed by atoms with Gasteiger partial charge in [0.15, 0.2) is 12.3 Å². The van der Waals surface area contributed by atoms with Gasteiger partial charge in [-0.3, -0.25) is 14.9 Å². The molecule has 0 spiro atoms. The van der Waals surface area contributed by atoms with E-state index in [1.807, 2.05) is 0 Å². The standard InChI is InChI=1S/C16H14N4O4/c1-19-7-4-5-12(19)15(22)18-14(21)10-24-16(23)11-9-20-8-3-2-6-13(20)17-11/h2-9H,10H2,1H3,(H,18,21,22). The third-order valence-electron chi connectivity index (χ3n) is 3.34. The number of imide groups is 1. The molecule has 0 fully saturated rings. The lowest BCUT2D eigenvalue weighted by atomic mass is 10.4. The maximum Gasteiger partial charge on any atom is 0.359 e. The van der Waals surface area contributed by atoms with Gasteiger partial charge >= 0.3 is 5.97 Å². The Balaban J connectivity index is 1.56. The zero-order valence-electron chi connectivity index (χ0n) is 12.8. The van der Waals surface area contributed by atoms with E-state index in [9.17, 15) is 14.4 Å². The van der Waals surface area contributed by atoms with Gasteiger partial charge in [0.05, 0.1) is 0 Å². The molecule has 3 heterocycles. The number of nitrogens with one attached hydrogen (secondary N) is 1. The zero-order chi connectivity index (χ0) is 17.1. The van der Waals surface area contributed by atoms with Gasteiger partial charge in [-0.15, -0.1) is 0 Å².